The Labute approximate surface area is 164 Å². The minimum absolute atomic E-state index is 0.000734. The van der Waals surface area contributed by atoms with Crippen LogP contribution in [-0.2, 0) is 33.4 Å². The normalized spacial score (nSPS) is 14.0. The summed E-state index contributed by atoms with van der Waals surface area (Å²) < 4.78 is 38.7. The molecular formula is C16H29NO10S. The summed E-state index contributed by atoms with van der Waals surface area (Å²) in [5, 5.41) is 21.5. The van der Waals surface area contributed by atoms with Crippen LogP contribution in [0.2, 0.25) is 0 Å². The molecule has 0 bridgehead atoms. The summed E-state index contributed by atoms with van der Waals surface area (Å²) in [6.45, 7) is 4.06. The highest BCUT2D eigenvalue weighted by molar-refractivity contribution is 7.86. The van der Waals surface area contributed by atoms with E-state index in [0.29, 0.717) is 0 Å². The van der Waals surface area contributed by atoms with Gasteiger partial charge in [0.2, 0.25) is 5.91 Å². The molecule has 0 spiro atoms. The van der Waals surface area contributed by atoms with Crippen LogP contribution in [0, 0.1) is 5.41 Å². The molecule has 1 unspecified atom stereocenters. The average Bonchev–Trinajstić information content (AvgIpc) is 2.59. The first-order valence-electron chi connectivity index (χ1n) is 8.60. The fraction of sp³-hybridized carbons (Fsp3) is 0.812. The molecule has 0 saturated carbocycles. The van der Waals surface area contributed by atoms with Crippen molar-refractivity contribution in [1.82, 2.24) is 5.32 Å². The number of amides is 1. The Morgan fingerprint density at radius 2 is 1.79 bits per heavy atom. The average molecular weight is 427 g/mol. The molecule has 0 fully saturated rings. The lowest BCUT2D eigenvalue weighted by Gasteiger charge is -2.35. The third-order valence-corrected chi connectivity index (χ3v) is 5.29. The van der Waals surface area contributed by atoms with Crippen LogP contribution in [-0.4, -0.2) is 74.9 Å². The molecule has 164 valence electrons. The van der Waals surface area contributed by atoms with Crippen LogP contribution in [0.15, 0.2) is 0 Å². The molecular weight excluding hydrogens is 398 g/mol. The minimum atomic E-state index is -4.07. The third kappa shape index (κ3) is 9.85. The maximum atomic E-state index is 12.2. The zero-order chi connectivity index (χ0) is 22.0. The van der Waals surface area contributed by atoms with E-state index in [1.807, 2.05) is 0 Å². The zero-order valence-electron chi connectivity index (χ0n) is 16.5. The van der Waals surface area contributed by atoms with Crippen molar-refractivity contribution in [2.45, 2.75) is 52.2 Å². The van der Waals surface area contributed by atoms with Gasteiger partial charge in [0.1, 0.15) is 0 Å². The molecule has 0 saturated heterocycles. The third-order valence-electron chi connectivity index (χ3n) is 3.97. The van der Waals surface area contributed by atoms with E-state index >= 15 is 0 Å². The summed E-state index contributed by atoms with van der Waals surface area (Å²) in [6, 6.07) is 0. The SMILES string of the molecule is COC(=O)OCCCC(OS(=O)(=O)CCCNC(C)=O)C(C)(C)[C@@H](O)C(=O)O. The second kappa shape index (κ2) is 11.8. The van der Waals surface area contributed by atoms with Gasteiger partial charge in [-0.25, -0.2) is 9.59 Å². The van der Waals surface area contributed by atoms with E-state index < -0.39 is 45.6 Å². The molecule has 0 aromatic carbocycles. The number of carbonyl (C=O) groups excluding carboxylic acids is 2. The molecule has 0 aromatic rings. The van der Waals surface area contributed by atoms with Gasteiger partial charge < -0.3 is 25.0 Å². The largest absolute Gasteiger partial charge is 0.507 e. The number of ether oxygens (including phenoxy) is 2. The van der Waals surface area contributed by atoms with E-state index in [1.165, 1.54) is 20.8 Å². The van der Waals surface area contributed by atoms with Crippen molar-refractivity contribution in [2.75, 3.05) is 26.0 Å². The first-order valence-corrected chi connectivity index (χ1v) is 10.2. The van der Waals surface area contributed by atoms with Gasteiger partial charge in [0, 0.05) is 18.9 Å². The molecule has 0 aromatic heterocycles. The molecule has 0 aliphatic rings. The van der Waals surface area contributed by atoms with Crippen LogP contribution in [0.3, 0.4) is 0 Å². The summed E-state index contributed by atoms with van der Waals surface area (Å²) in [4.78, 5) is 32.9. The fourth-order valence-corrected chi connectivity index (χ4v) is 3.55. The van der Waals surface area contributed by atoms with Crippen LogP contribution in [0.5, 0.6) is 0 Å². The van der Waals surface area contributed by atoms with Crippen LogP contribution in [0.4, 0.5) is 4.79 Å². The summed E-state index contributed by atoms with van der Waals surface area (Å²) >= 11 is 0. The van der Waals surface area contributed by atoms with Crippen molar-refractivity contribution >= 4 is 28.1 Å². The molecule has 1 amide bonds. The predicted molar refractivity (Wildman–Crippen MR) is 97.0 cm³/mol. The van der Waals surface area contributed by atoms with Gasteiger partial charge in [-0.2, -0.15) is 8.42 Å². The second-order valence-corrected chi connectivity index (χ2v) is 8.41. The van der Waals surface area contributed by atoms with Crippen molar-refractivity contribution in [3.63, 3.8) is 0 Å². The molecule has 0 heterocycles. The monoisotopic (exact) mass is 427 g/mol. The van der Waals surface area contributed by atoms with Crippen molar-refractivity contribution in [3.05, 3.63) is 0 Å². The number of carbonyl (C=O) groups is 3. The van der Waals surface area contributed by atoms with Crippen LogP contribution >= 0.6 is 0 Å². The van der Waals surface area contributed by atoms with Gasteiger partial charge in [-0.15, -0.1) is 0 Å². The van der Waals surface area contributed by atoms with Gasteiger partial charge in [0.15, 0.2) is 6.10 Å². The molecule has 3 N–H and O–H groups in total. The number of hydrogen-bond acceptors (Lipinski definition) is 9. The van der Waals surface area contributed by atoms with E-state index in [2.05, 4.69) is 10.1 Å². The highest BCUT2D eigenvalue weighted by Crippen LogP contribution is 2.32. The first kappa shape index (κ1) is 26.1. The molecule has 0 rings (SSSR count). The topological polar surface area (TPSA) is 166 Å². The van der Waals surface area contributed by atoms with E-state index in [0.717, 1.165) is 7.11 Å². The van der Waals surface area contributed by atoms with Crippen molar-refractivity contribution in [2.24, 2.45) is 5.41 Å². The van der Waals surface area contributed by atoms with Gasteiger partial charge in [-0.3, -0.25) is 8.98 Å². The van der Waals surface area contributed by atoms with Gasteiger partial charge in [0.05, 0.1) is 25.6 Å². The molecule has 0 aliphatic heterocycles. The van der Waals surface area contributed by atoms with Crippen LogP contribution in [0.25, 0.3) is 0 Å². The zero-order valence-corrected chi connectivity index (χ0v) is 17.3. The smallest absolute Gasteiger partial charge is 0.479 e. The first-order chi connectivity index (χ1) is 12.8. The number of aliphatic hydroxyl groups is 1. The van der Waals surface area contributed by atoms with Gasteiger partial charge >= 0.3 is 12.1 Å². The lowest BCUT2D eigenvalue weighted by molar-refractivity contribution is -0.158. The van der Waals surface area contributed by atoms with E-state index in [-0.39, 0.29) is 38.3 Å². The number of rotatable bonds is 13. The van der Waals surface area contributed by atoms with Crippen molar-refractivity contribution in [3.8, 4) is 0 Å². The highest BCUT2D eigenvalue weighted by atomic mass is 32.2. The Hall–Kier alpha value is -1.92. The summed E-state index contributed by atoms with van der Waals surface area (Å²) in [6.07, 6.45) is -3.73. The Kier molecular flexibility index (Phi) is 11.0. The summed E-state index contributed by atoms with van der Waals surface area (Å²) in [5.41, 5.74) is -1.46. The van der Waals surface area contributed by atoms with Crippen LogP contribution in [0.1, 0.15) is 40.0 Å². The van der Waals surface area contributed by atoms with E-state index in [1.54, 1.807) is 0 Å². The molecule has 0 aliphatic carbocycles. The number of hydrogen-bond donors (Lipinski definition) is 3. The standard InChI is InChI=1S/C16H29NO10S/c1-11(18)17-8-6-10-28(23,24)27-12(7-5-9-26-15(22)25-4)16(2,3)13(19)14(20)21/h12-13,19H,5-10H2,1-4H3,(H,17,18)(H,20,21)/t12?,13-/m0/s1. The number of methoxy groups -OCH3 is 1. The quantitative estimate of drug-likeness (QED) is 0.211. The van der Waals surface area contributed by atoms with E-state index in [4.69, 9.17) is 14.0 Å². The summed E-state index contributed by atoms with van der Waals surface area (Å²) in [7, 11) is -2.93. The van der Waals surface area contributed by atoms with Crippen molar-refractivity contribution < 1.29 is 46.7 Å². The van der Waals surface area contributed by atoms with Gasteiger partial charge in [-0.05, 0) is 19.3 Å². The van der Waals surface area contributed by atoms with Crippen LogP contribution < -0.4 is 5.32 Å². The Morgan fingerprint density at radius 3 is 2.29 bits per heavy atom. The maximum absolute atomic E-state index is 12.2. The van der Waals surface area contributed by atoms with Gasteiger partial charge in [0.25, 0.3) is 10.1 Å². The number of carboxylic acids is 1. The Bertz CT molecular complexity index is 631. The molecule has 11 nitrogen and oxygen atoms in total. The Balaban J connectivity index is 5.07. The van der Waals surface area contributed by atoms with Gasteiger partial charge in [-0.1, -0.05) is 13.8 Å². The second-order valence-electron chi connectivity index (χ2n) is 6.69. The number of carboxylic acid groups (broad SMARTS) is 1. The number of aliphatic hydroxyl groups excluding tert-OH is 1. The lowest BCUT2D eigenvalue weighted by atomic mass is 9.79. The number of aliphatic carboxylic acids is 1. The fourth-order valence-electron chi connectivity index (χ4n) is 2.26. The predicted octanol–water partition coefficient (Wildman–Crippen LogP) is 0.263. The highest BCUT2D eigenvalue weighted by Gasteiger charge is 2.43. The molecule has 2 atom stereocenters. The minimum Gasteiger partial charge on any atom is -0.479 e. The molecule has 28 heavy (non-hydrogen) atoms. The molecule has 0 radical (unpaired) electrons. The Morgan fingerprint density at radius 1 is 1.18 bits per heavy atom. The van der Waals surface area contributed by atoms with Crippen molar-refractivity contribution in [1.29, 1.82) is 0 Å². The lowest BCUT2D eigenvalue weighted by Crippen LogP contribution is -2.47. The maximum Gasteiger partial charge on any atom is 0.507 e. The molecule has 12 heteroatoms. The van der Waals surface area contributed by atoms with E-state index in [9.17, 15) is 27.9 Å². The summed E-state index contributed by atoms with van der Waals surface area (Å²) in [5.74, 6) is -2.22. The number of nitrogens with one attached hydrogen (secondary N) is 1.